The molecular weight excluding hydrogens is 396 g/mol. The van der Waals surface area contributed by atoms with E-state index in [1.54, 1.807) is 37.3 Å². The van der Waals surface area contributed by atoms with Gasteiger partial charge in [-0.3, -0.25) is 9.59 Å². The zero-order chi connectivity index (χ0) is 22.2. The van der Waals surface area contributed by atoms with Crippen LogP contribution in [0.25, 0.3) is 0 Å². The summed E-state index contributed by atoms with van der Waals surface area (Å²) >= 11 is 0. The van der Waals surface area contributed by atoms with Crippen molar-refractivity contribution in [2.75, 3.05) is 33.9 Å². The van der Waals surface area contributed by atoms with Crippen LogP contribution in [0.3, 0.4) is 0 Å². The number of hydrogen-bond acceptors (Lipinski definition) is 5. The number of rotatable bonds is 8. The Morgan fingerprint density at radius 2 is 1.71 bits per heavy atom. The summed E-state index contributed by atoms with van der Waals surface area (Å²) in [6.45, 7) is 3.20. The van der Waals surface area contributed by atoms with Crippen molar-refractivity contribution >= 4 is 11.8 Å². The monoisotopic (exact) mass is 426 g/mol. The van der Waals surface area contributed by atoms with Crippen molar-refractivity contribution < 1.29 is 23.8 Å². The fourth-order valence-corrected chi connectivity index (χ4v) is 3.73. The largest absolute Gasteiger partial charge is 0.493 e. The third kappa shape index (κ3) is 5.69. The molecule has 0 radical (unpaired) electrons. The van der Waals surface area contributed by atoms with Crippen molar-refractivity contribution in [2.45, 2.75) is 32.2 Å². The van der Waals surface area contributed by atoms with E-state index in [1.165, 1.54) is 0 Å². The Morgan fingerprint density at radius 1 is 1.00 bits per heavy atom. The van der Waals surface area contributed by atoms with E-state index in [-0.39, 0.29) is 24.5 Å². The topological polar surface area (TPSA) is 77.1 Å². The molecule has 0 aliphatic carbocycles. The first-order valence-corrected chi connectivity index (χ1v) is 10.6. The third-order valence-electron chi connectivity index (χ3n) is 5.49. The summed E-state index contributed by atoms with van der Waals surface area (Å²) in [4.78, 5) is 27.0. The first kappa shape index (κ1) is 22.5. The number of carbonyl (C=O) groups is 2. The second-order valence-corrected chi connectivity index (χ2v) is 7.45. The highest BCUT2D eigenvalue weighted by Crippen LogP contribution is 2.28. The molecule has 0 atom stereocenters. The summed E-state index contributed by atoms with van der Waals surface area (Å²) in [6, 6.07) is 12.9. The summed E-state index contributed by atoms with van der Waals surface area (Å²) in [6.07, 6.45) is 2.26. The van der Waals surface area contributed by atoms with Gasteiger partial charge in [0.1, 0.15) is 5.75 Å². The molecule has 0 spiro atoms. The van der Waals surface area contributed by atoms with Crippen LogP contribution in [-0.4, -0.2) is 56.7 Å². The maximum Gasteiger partial charge on any atom is 0.258 e. The smallest absolute Gasteiger partial charge is 0.258 e. The van der Waals surface area contributed by atoms with Gasteiger partial charge in [0.15, 0.2) is 18.1 Å². The molecule has 7 heteroatoms. The van der Waals surface area contributed by atoms with E-state index in [0.29, 0.717) is 43.0 Å². The van der Waals surface area contributed by atoms with E-state index < -0.39 is 0 Å². The van der Waals surface area contributed by atoms with Gasteiger partial charge in [0.2, 0.25) is 0 Å². The van der Waals surface area contributed by atoms with Gasteiger partial charge in [-0.25, -0.2) is 0 Å². The Labute approximate surface area is 183 Å². The number of methoxy groups -OCH3 is 2. The molecule has 1 fully saturated rings. The lowest BCUT2D eigenvalue weighted by Crippen LogP contribution is -2.47. The highest BCUT2D eigenvalue weighted by atomic mass is 16.5. The van der Waals surface area contributed by atoms with Crippen LogP contribution < -0.4 is 19.5 Å². The lowest BCUT2D eigenvalue weighted by molar-refractivity contribution is -0.124. The minimum atomic E-state index is -0.143. The number of piperidine rings is 1. The van der Waals surface area contributed by atoms with E-state index >= 15 is 0 Å². The molecule has 3 rings (SSSR count). The number of para-hydroxylation sites is 1. The van der Waals surface area contributed by atoms with Crippen LogP contribution in [0.1, 0.15) is 35.7 Å². The Bertz CT molecular complexity index is 907. The lowest BCUT2D eigenvalue weighted by Gasteiger charge is -2.32. The van der Waals surface area contributed by atoms with Crippen LogP contribution in [0.5, 0.6) is 17.2 Å². The molecule has 7 nitrogen and oxygen atoms in total. The summed E-state index contributed by atoms with van der Waals surface area (Å²) in [5.41, 5.74) is 1.64. The first-order chi connectivity index (χ1) is 15.0. The molecule has 0 saturated carbocycles. The molecule has 0 unspecified atom stereocenters. The zero-order valence-electron chi connectivity index (χ0n) is 18.3. The van der Waals surface area contributed by atoms with Crippen molar-refractivity contribution in [1.82, 2.24) is 10.2 Å². The molecule has 1 saturated heterocycles. The number of nitrogens with one attached hydrogen (secondary N) is 1. The number of amides is 2. The number of nitrogens with zero attached hydrogens (tertiary/aromatic N) is 1. The van der Waals surface area contributed by atoms with Crippen LogP contribution in [0.4, 0.5) is 0 Å². The average molecular weight is 427 g/mol. The number of likely N-dealkylation sites (tertiary alicyclic amines) is 1. The molecule has 2 aromatic rings. The van der Waals surface area contributed by atoms with Gasteiger partial charge in [0.05, 0.1) is 14.2 Å². The minimum absolute atomic E-state index is 0.0121. The summed E-state index contributed by atoms with van der Waals surface area (Å²) in [5.74, 6) is 1.67. The fourth-order valence-electron chi connectivity index (χ4n) is 3.73. The normalized spacial score (nSPS) is 14.1. The molecular formula is C24H30N2O5. The van der Waals surface area contributed by atoms with Crippen molar-refractivity contribution in [3.63, 3.8) is 0 Å². The van der Waals surface area contributed by atoms with Gasteiger partial charge in [0.25, 0.3) is 11.8 Å². The van der Waals surface area contributed by atoms with E-state index in [1.807, 2.05) is 24.3 Å². The van der Waals surface area contributed by atoms with Gasteiger partial charge < -0.3 is 24.4 Å². The molecule has 2 aromatic carbocycles. The van der Waals surface area contributed by atoms with Crippen LogP contribution in [0.2, 0.25) is 0 Å². The van der Waals surface area contributed by atoms with E-state index in [2.05, 4.69) is 12.2 Å². The lowest BCUT2D eigenvalue weighted by atomic mass is 10.0. The Kier molecular flexibility index (Phi) is 7.76. The number of aryl methyl sites for hydroxylation is 1. The van der Waals surface area contributed by atoms with Gasteiger partial charge >= 0.3 is 0 Å². The number of ether oxygens (including phenoxy) is 3. The first-order valence-electron chi connectivity index (χ1n) is 10.6. The van der Waals surface area contributed by atoms with E-state index in [4.69, 9.17) is 14.2 Å². The second kappa shape index (κ2) is 10.7. The SMILES string of the molecule is CCc1ccccc1OCC(=O)NC1CCN(C(=O)c2ccc(OC)c(OC)c2)CC1. The highest BCUT2D eigenvalue weighted by molar-refractivity contribution is 5.95. The number of carbonyl (C=O) groups excluding carboxylic acids is 2. The minimum Gasteiger partial charge on any atom is -0.493 e. The summed E-state index contributed by atoms with van der Waals surface area (Å²) in [5, 5.41) is 3.02. The maximum atomic E-state index is 12.8. The Hall–Kier alpha value is -3.22. The molecule has 1 aliphatic rings. The molecule has 0 aromatic heterocycles. The van der Waals surface area contributed by atoms with Gasteiger partial charge in [-0.15, -0.1) is 0 Å². The molecule has 31 heavy (non-hydrogen) atoms. The van der Waals surface area contributed by atoms with Crippen molar-refractivity contribution in [2.24, 2.45) is 0 Å². The molecule has 2 amide bonds. The molecule has 166 valence electrons. The molecule has 1 heterocycles. The quantitative estimate of drug-likeness (QED) is 0.702. The van der Waals surface area contributed by atoms with Gasteiger partial charge in [-0.2, -0.15) is 0 Å². The van der Waals surface area contributed by atoms with E-state index in [9.17, 15) is 9.59 Å². The van der Waals surface area contributed by atoms with Crippen molar-refractivity contribution in [1.29, 1.82) is 0 Å². The predicted molar refractivity (Wildman–Crippen MR) is 118 cm³/mol. The van der Waals surface area contributed by atoms with Crippen LogP contribution in [0.15, 0.2) is 42.5 Å². The highest BCUT2D eigenvalue weighted by Gasteiger charge is 2.25. The average Bonchev–Trinajstić information content (AvgIpc) is 2.82. The van der Waals surface area contributed by atoms with Crippen LogP contribution >= 0.6 is 0 Å². The molecule has 1 N–H and O–H groups in total. The Morgan fingerprint density at radius 3 is 2.39 bits per heavy atom. The van der Waals surface area contributed by atoms with Gasteiger partial charge in [-0.1, -0.05) is 25.1 Å². The predicted octanol–water partition coefficient (Wildman–Crippen LogP) is 3.07. The summed E-state index contributed by atoms with van der Waals surface area (Å²) < 4.78 is 16.2. The van der Waals surface area contributed by atoms with Crippen molar-refractivity contribution in [3.05, 3.63) is 53.6 Å². The third-order valence-corrected chi connectivity index (χ3v) is 5.49. The van der Waals surface area contributed by atoms with Crippen LogP contribution in [-0.2, 0) is 11.2 Å². The standard InChI is InChI=1S/C24H30N2O5/c1-4-17-7-5-6-8-20(17)31-16-23(27)25-19-11-13-26(14-12-19)24(28)18-9-10-21(29-2)22(15-18)30-3/h5-10,15,19H,4,11-14,16H2,1-3H3,(H,25,27). The molecule has 0 bridgehead atoms. The number of hydrogen-bond donors (Lipinski definition) is 1. The van der Waals surface area contributed by atoms with Gasteiger partial charge in [0, 0.05) is 24.7 Å². The fraction of sp³-hybridized carbons (Fsp3) is 0.417. The Balaban J connectivity index is 1.48. The van der Waals surface area contributed by atoms with Crippen LogP contribution in [0, 0.1) is 0 Å². The number of benzene rings is 2. The molecule has 1 aliphatic heterocycles. The van der Waals surface area contributed by atoms with Gasteiger partial charge in [-0.05, 0) is 49.1 Å². The second-order valence-electron chi connectivity index (χ2n) is 7.45. The van der Waals surface area contributed by atoms with E-state index in [0.717, 1.165) is 17.7 Å². The summed E-state index contributed by atoms with van der Waals surface area (Å²) in [7, 11) is 3.11. The van der Waals surface area contributed by atoms with Crippen molar-refractivity contribution in [3.8, 4) is 17.2 Å². The maximum absolute atomic E-state index is 12.8. The zero-order valence-corrected chi connectivity index (χ0v) is 18.3.